The van der Waals surface area contributed by atoms with Crippen LogP contribution < -0.4 is 11.5 Å². The quantitative estimate of drug-likeness (QED) is 0.482. The Morgan fingerprint density at radius 3 is 2.60 bits per heavy atom. The van der Waals surface area contributed by atoms with Crippen molar-refractivity contribution in [2.45, 2.75) is 12.6 Å². The molecular weight excluding hydrogens is 196 g/mol. The van der Waals surface area contributed by atoms with Crippen LogP contribution in [-0.4, -0.2) is 17.7 Å². The lowest BCUT2D eigenvalue weighted by molar-refractivity contribution is -0.150. The summed E-state index contributed by atoms with van der Waals surface area (Å²) in [6, 6.07) is 6.12. The molecule has 5 nitrogen and oxygen atoms in total. The first-order valence-electron chi connectivity index (χ1n) is 4.53. The molecule has 0 radical (unpaired) electrons. The van der Waals surface area contributed by atoms with Crippen LogP contribution in [0.1, 0.15) is 12.5 Å². The van der Waals surface area contributed by atoms with Crippen molar-refractivity contribution in [2.75, 3.05) is 6.61 Å². The minimum absolute atomic E-state index is 0.129. The standard InChI is InChI=1S/C10H14N2O3/c1-2-15-9(14)10(11,12)7-5-3-4-6-8(7)13/h3-6,13H,2,11-12H2,1H3. The number of nitrogens with two attached hydrogens (primary N) is 2. The number of phenols is 1. The molecular formula is C10H14N2O3. The van der Waals surface area contributed by atoms with E-state index in [1.54, 1.807) is 19.1 Å². The van der Waals surface area contributed by atoms with E-state index in [1.807, 2.05) is 0 Å². The van der Waals surface area contributed by atoms with Crippen molar-refractivity contribution < 1.29 is 14.6 Å². The summed E-state index contributed by atoms with van der Waals surface area (Å²) in [6.45, 7) is 1.83. The lowest BCUT2D eigenvalue weighted by atomic mass is 10.0. The molecule has 0 aliphatic heterocycles. The second kappa shape index (κ2) is 4.29. The molecule has 0 aliphatic carbocycles. The fourth-order valence-corrected chi connectivity index (χ4v) is 1.18. The predicted octanol–water partition coefficient (Wildman–Crippen LogP) is 0.0255. The Balaban J connectivity index is 3.05. The minimum Gasteiger partial charge on any atom is -0.508 e. The number of carbonyl (C=O) groups excluding carboxylic acids is 1. The molecule has 0 saturated carbocycles. The van der Waals surface area contributed by atoms with E-state index >= 15 is 0 Å². The van der Waals surface area contributed by atoms with Gasteiger partial charge in [0.2, 0.25) is 0 Å². The molecule has 82 valence electrons. The van der Waals surface area contributed by atoms with Gasteiger partial charge >= 0.3 is 5.97 Å². The lowest BCUT2D eigenvalue weighted by Crippen LogP contribution is -2.54. The Hall–Kier alpha value is -1.59. The number of esters is 1. The van der Waals surface area contributed by atoms with Crippen LogP contribution in [0.2, 0.25) is 0 Å². The zero-order chi connectivity index (χ0) is 11.5. The highest BCUT2D eigenvalue weighted by Gasteiger charge is 2.35. The normalized spacial score (nSPS) is 11.1. The second-order valence-electron chi connectivity index (χ2n) is 3.11. The Morgan fingerprint density at radius 1 is 1.47 bits per heavy atom. The topological polar surface area (TPSA) is 98.6 Å². The van der Waals surface area contributed by atoms with E-state index in [-0.39, 0.29) is 17.9 Å². The van der Waals surface area contributed by atoms with Gasteiger partial charge in [-0.25, -0.2) is 4.79 Å². The summed E-state index contributed by atoms with van der Waals surface area (Å²) in [5, 5.41) is 9.50. The molecule has 0 aromatic heterocycles. The Labute approximate surface area is 87.6 Å². The van der Waals surface area contributed by atoms with Crippen molar-refractivity contribution in [3.05, 3.63) is 29.8 Å². The van der Waals surface area contributed by atoms with Crippen LogP contribution in [0.25, 0.3) is 0 Å². The van der Waals surface area contributed by atoms with Gasteiger partial charge in [-0.2, -0.15) is 0 Å². The van der Waals surface area contributed by atoms with Crippen LogP contribution in [0.3, 0.4) is 0 Å². The number of phenolic OH excluding ortho intramolecular Hbond substituents is 1. The van der Waals surface area contributed by atoms with Gasteiger partial charge in [0.15, 0.2) is 5.66 Å². The zero-order valence-corrected chi connectivity index (χ0v) is 8.43. The van der Waals surface area contributed by atoms with Crippen LogP contribution in [0.15, 0.2) is 24.3 Å². The molecule has 0 saturated heterocycles. The molecule has 1 rings (SSSR count). The summed E-state index contributed by atoms with van der Waals surface area (Å²) in [4.78, 5) is 11.4. The number of hydrogen-bond donors (Lipinski definition) is 3. The third-order valence-electron chi connectivity index (χ3n) is 1.96. The van der Waals surface area contributed by atoms with Crippen molar-refractivity contribution in [3.8, 4) is 5.75 Å². The summed E-state index contributed by atoms with van der Waals surface area (Å²) in [5.41, 5.74) is 9.55. The van der Waals surface area contributed by atoms with E-state index in [1.165, 1.54) is 12.1 Å². The zero-order valence-electron chi connectivity index (χ0n) is 8.43. The highest BCUT2D eigenvalue weighted by Crippen LogP contribution is 2.24. The number of aromatic hydroxyl groups is 1. The fourth-order valence-electron chi connectivity index (χ4n) is 1.18. The maximum absolute atomic E-state index is 11.4. The van der Waals surface area contributed by atoms with E-state index in [2.05, 4.69) is 0 Å². The summed E-state index contributed by atoms with van der Waals surface area (Å²) in [7, 11) is 0. The van der Waals surface area contributed by atoms with Crippen LogP contribution in [0.5, 0.6) is 5.75 Å². The van der Waals surface area contributed by atoms with Crippen molar-refractivity contribution >= 4 is 5.97 Å². The monoisotopic (exact) mass is 210 g/mol. The highest BCUT2D eigenvalue weighted by atomic mass is 16.5. The maximum atomic E-state index is 11.4. The Bertz CT molecular complexity index is 363. The predicted molar refractivity (Wildman–Crippen MR) is 54.8 cm³/mol. The summed E-state index contributed by atoms with van der Waals surface area (Å²) in [5.74, 6) is -0.901. The molecule has 0 unspecified atom stereocenters. The molecule has 0 fully saturated rings. The van der Waals surface area contributed by atoms with Crippen molar-refractivity contribution in [3.63, 3.8) is 0 Å². The highest BCUT2D eigenvalue weighted by molar-refractivity contribution is 5.82. The molecule has 0 heterocycles. The first-order chi connectivity index (χ1) is 7.00. The number of carbonyl (C=O) groups is 1. The molecule has 0 spiro atoms. The average molecular weight is 210 g/mol. The van der Waals surface area contributed by atoms with Gasteiger partial charge in [0.25, 0.3) is 0 Å². The maximum Gasteiger partial charge on any atom is 0.345 e. The van der Waals surface area contributed by atoms with Gasteiger partial charge in [0, 0.05) is 5.56 Å². The van der Waals surface area contributed by atoms with Gasteiger partial charge in [-0.05, 0) is 13.0 Å². The second-order valence-corrected chi connectivity index (χ2v) is 3.11. The van der Waals surface area contributed by atoms with Crippen LogP contribution >= 0.6 is 0 Å². The number of para-hydroxylation sites is 1. The average Bonchev–Trinajstić information content (AvgIpc) is 2.18. The molecule has 1 aromatic rings. The lowest BCUT2D eigenvalue weighted by Gasteiger charge is -2.23. The summed E-state index contributed by atoms with van der Waals surface area (Å²) in [6.07, 6.45) is 0. The first kappa shape index (κ1) is 11.5. The third kappa shape index (κ3) is 2.26. The number of hydrogen-bond acceptors (Lipinski definition) is 5. The number of rotatable bonds is 3. The molecule has 0 atom stereocenters. The fraction of sp³-hybridized carbons (Fsp3) is 0.300. The van der Waals surface area contributed by atoms with E-state index < -0.39 is 11.6 Å². The third-order valence-corrected chi connectivity index (χ3v) is 1.96. The molecule has 15 heavy (non-hydrogen) atoms. The van der Waals surface area contributed by atoms with Gasteiger partial charge in [-0.3, -0.25) is 0 Å². The van der Waals surface area contributed by atoms with Crippen LogP contribution in [0.4, 0.5) is 0 Å². The molecule has 5 N–H and O–H groups in total. The number of ether oxygens (including phenoxy) is 1. The van der Waals surface area contributed by atoms with Gasteiger partial charge in [-0.15, -0.1) is 0 Å². The summed E-state index contributed by atoms with van der Waals surface area (Å²) >= 11 is 0. The summed E-state index contributed by atoms with van der Waals surface area (Å²) < 4.78 is 4.72. The van der Waals surface area contributed by atoms with Gasteiger partial charge in [0.05, 0.1) is 6.61 Å². The smallest absolute Gasteiger partial charge is 0.345 e. The Morgan fingerprint density at radius 2 is 2.07 bits per heavy atom. The van der Waals surface area contributed by atoms with Crippen LogP contribution in [0, 0.1) is 0 Å². The largest absolute Gasteiger partial charge is 0.508 e. The van der Waals surface area contributed by atoms with E-state index in [4.69, 9.17) is 16.2 Å². The molecule has 0 amide bonds. The minimum atomic E-state index is -1.82. The number of benzene rings is 1. The first-order valence-corrected chi connectivity index (χ1v) is 4.53. The SMILES string of the molecule is CCOC(=O)C(N)(N)c1ccccc1O. The van der Waals surface area contributed by atoms with E-state index in [0.29, 0.717) is 0 Å². The van der Waals surface area contributed by atoms with Gasteiger partial charge < -0.3 is 21.3 Å². The van der Waals surface area contributed by atoms with Crippen molar-refractivity contribution in [1.82, 2.24) is 0 Å². The molecule has 5 heteroatoms. The Kier molecular flexibility index (Phi) is 3.28. The van der Waals surface area contributed by atoms with E-state index in [9.17, 15) is 9.90 Å². The van der Waals surface area contributed by atoms with Crippen molar-refractivity contribution in [2.24, 2.45) is 11.5 Å². The van der Waals surface area contributed by atoms with Crippen LogP contribution in [-0.2, 0) is 15.2 Å². The molecule has 1 aromatic carbocycles. The molecule has 0 aliphatic rings. The van der Waals surface area contributed by atoms with Gasteiger partial charge in [0.1, 0.15) is 5.75 Å². The molecule has 0 bridgehead atoms. The van der Waals surface area contributed by atoms with E-state index in [0.717, 1.165) is 0 Å². The van der Waals surface area contributed by atoms with Gasteiger partial charge in [-0.1, -0.05) is 18.2 Å². The van der Waals surface area contributed by atoms with Crippen molar-refractivity contribution in [1.29, 1.82) is 0 Å².